The Kier molecular flexibility index (Phi) is 3.05. The summed E-state index contributed by atoms with van der Waals surface area (Å²) in [6, 6.07) is 6.62. The van der Waals surface area contributed by atoms with E-state index in [0.29, 0.717) is 11.3 Å². The van der Waals surface area contributed by atoms with Gasteiger partial charge < -0.3 is 5.32 Å². The first-order valence-electron chi connectivity index (χ1n) is 6.02. The van der Waals surface area contributed by atoms with Crippen LogP contribution in [0.1, 0.15) is 26.7 Å². The van der Waals surface area contributed by atoms with Gasteiger partial charge in [0.15, 0.2) is 0 Å². The van der Waals surface area contributed by atoms with Gasteiger partial charge in [-0.25, -0.2) is 0 Å². The molecule has 4 heteroatoms. The number of non-ortho nitro benzene ring substituents is 1. The fourth-order valence-electron chi connectivity index (χ4n) is 2.10. The molecule has 0 aromatic heterocycles. The van der Waals surface area contributed by atoms with Crippen LogP contribution in [0.25, 0.3) is 0 Å². The number of nitrogens with one attached hydrogen (secondary N) is 1. The van der Waals surface area contributed by atoms with Gasteiger partial charge in [-0.15, -0.1) is 0 Å². The summed E-state index contributed by atoms with van der Waals surface area (Å²) in [5.41, 5.74) is 1.55. The van der Waals surface area contributed by atoms with E-state index in [0.717, 1.165) is 12.2 Å². The van der Waals surface area contributed by atoms with Crippen molar-refractivity contribution in [1.82, 2.24) is 0 Å². The molecule has 1 aromatic carbocycles. The van der Waals surface area contributed by atoms with Crippen LogP contribution >= 0.6 is 0 Å². The van der Waals surface area contributed by atoms with Gasteiger partial charge in [-0.05, 0) is 36.3 Å². The summed E-state index contributed by atoms with van der Waals surface area (Å²) in [6.45, 7) is 5.47. The second-order valence-electron chi connectivity index (χ2n) is 5.17. The van der Waals surface area contributed by atoms with E-state index < -0.39 is 0 Å². The van der Waals surface area contributed by atoms with Crippen molar-refractivity contribution >= 4 is 11.4 Å². The molecule has 17 heavy (non-hydrogen) atoms. The van der Waals surface area contributed by atoms with Crippen LogP contribution in [0.2, 0.25) is 0 Å². The lowest BCUT2D eigenvalue weighted by Crippen LogP contribution is -2.20. The number of hydrogen-bond acceptors (Lipinski definition) is 3. The van der Waals surface area contributed by atoms with Crippen LogP contribution in [-0.4, -0.2) is 11.5 Å². The Morgan fingerprint density at radius 3 is 2.35 bits per heavy atom. The summed E-state index contributed by atoms with van der Waals surface area (Å²) in [5.74, 6) is 0.688. The third-order valence-electron chi connectivity index (χ3n) is 3.84. The third kappa shape index (κ3) is 2.57. The summed E-state index contributed by atoms with van der Waals surface area (Å²) in [4.78, 5) is 10.1. The Morgan fingerprint density at radius 2 is 1.94 bits per heavy atom. The number of nitrogens with zero attached hydrogens (tertiary/aromatic N) is 1. The lowest BCUT2D eigenvalue weighted by Gasteiger charge is -2.20. The highest BCUT2D eigenvalue weighted by Crippen LogP contribution is 2.51. The van der Waals surface area contributed by atoms with Crippen LogP contribution in [0.15, 0.2) is 24.3 Å². The molecular weight excluding hydrogens is 216 g/mol. The van der Waals surface area contributed by atoms with Crippen molar-refractivity contribution in [3.63, 3.8) is 0 Å². The predicted octanol–water partition coefficient (Wildman–Crippen LogP) is 3.44. The van der Waals surface area contributed by atoms with Crippen LogP contribution in [-0.2, 0) is 0 Å². The second kappa shape index (κ2) is 4.35. The van der Waals surface area contributed by atoms with Gasteiger partial charge in [0, 0.05) is 24.4 Å². The number of benzene rings is 1. The monoisotopic (exact) mass is 234 g/mol. The van der Waals surface area contributed by atoms with Gasteiger partial charge in [0.25, 0.3) is 5.69 Å². The van der Waals surface area contributed by atoms with E-state index in [2.05, 4.69) is 19.2 Å². The summed E-state index contributed by atoms with van der Waals surface area (Å²) >= 11 is 0. The Balaban J connectivity index is 1.94. The normalized spacial score (nSPS) is 16.9. The van der Waals surface area contributed by atoms with Crippen LogP contribution in [0.3, 0.4) is 0 Å². The van der Waals surface area contributed by atoms with Gasteiger partial charge in [-0.2, -0.15) is 0 Å². The summed E-state index contributed by atoms with van der Waals surface area (Å²) in [5, 5.41) is 13.9. The van der Waals surface area contributed by atoms with Gasteiger partial charge in [0.2, 0.25) is 0 Å². The maximum atomic E-state index is 10.5. The smallest absolute Gasteiger partial charge is 0.269 e. The van der Waals surface area contributed by atoms with Crippen molar-refractivity contribution in [1.29, 1.82) is 0 Å². The molecule has 0 spiro atoms. The van der Waals surface area contributed by atoms with Crippen molar-refractivity contribution in [2.75, 3.05) is 11.9 Å². The number of nitro groups is 1. The zero-order valence-corrected chi connectivity index (χ0v) is 10.3. The molecule has 92 valence electrons. The van der Waals surface area contributed by atoms with Crippen LogP contribution in [0, 0.1) is 21.4 Å². The molecule has 2 rings (SSSR count). The molecule has 1 aromatic rings. The minimum atomic E-state index is -0.375. The Labute approximate surface area is 101 Å². The van der Waals surface area contributed by atoms with E-state index in [1.807, 2.05) is 0 Å². The highest BCUT2D eigenvalue weighted by atomic mass is 16.6. The van der Waals surface area contributed by atoms with Crippen molar-refractivity contribution in [2.45, 2.75) is 26.7 Å². The highest BCUT2D eigenvalue weighted by molar-refractivity contribution is 5.48. The van der Waals surface area contributed by atoms with E-state index in [-0.39, 0.29) is 10.6 Å². The standard InChI is InChI=1S/C13H18N2O2/c1-10(2)13(7-8-13)9-14-11-3-5-12(6-4-11)15(16)17/h3-6,10,14H,7-9H2,1-2H3. The molecule has 0 saturated heterocycles. The van der Waals surface area contributed by atoms with Gasteiger partial charge in [0.1, 0.15) is 0 Å². The van der Waals surface area contributed by atoms with Crippen LogP contribution < -0.4 is 5.32 Å². The molecule has 0 aliphatic heterocycles. The number of rotatable bonds is 5. The van der Waals surface area contributed by atoms with Gasteiger partial charge in [-0.3, -0.25) is 10.1 Å². The summed E-state index contributed by atoms with van der Waals surface area (Å²) in [6.07, 6.45) is 2.56. The summed E-state index contributed by atoms with van der Waals surface area (Å²) < 4.78 is 0. The molecular formula is C13H18N2O2. The first kappa shape index (κ1) is 11.9. The molecule has 1 saturated carbocycles. The van der Waals surface area contributed by atoms with E-state index >= 15 is 0 Å². The molecule has 0 radical (unpaired) electrons. The number of nitro benzene ring substituents is 1. The minimum Gasteiger partial charge on any atom is -0.384 e. The second-order valence-corrected chi connectivity index (χ2v) is 5.17. The zero-order chi connectivity index (χ0) is 12.5. The first-order valence-corrected chi connectivity index (χ1v) is 6.02. The van der Waals surface area contributed by atoms with Gasteiger partial charge in [0.05, 0.1) is 4.92 Å². The lowest BCUT2D eigenvalue weighted by molar-refractivity contribution is -0.384. The molecule has 0 amide bonds. The average molecular weight is 234 g/mol. The highest BCUT2D eigenvalue weighted by Gasteiger charge is 2.44. The molecule has 1 aliphatic carbocycles. The van der Waals surface area contributed by atoms with Gasteiger partial charge >= 0.3 is 0 Å². The molecule has 0 unspecified atom stereocenters. The fourth-order valence-corrected chi connectivity index (χ4v) is 2.10. The first-order chi connectivity index (χ1) is 8.03. The Bertz CT molecular complexity index is 408. The van der Waals surface area contributed by atoms with E-state index in [9.17, 15) is 10.1 Å². The van der Waals surface area contributed by atoms with E-state index in [1.165, 1.54) is 25.0 Å². The minimum absolute atomic E-state index is 0.139. The van der Waals surface area contributed by atoms with E-state index in [4.69, 9.17) is 0 Å². The molecule has 0 atom stereocenters. The van der Waals surface area contributed by atoms with E-state index in [1.54, 1.807) is 12.1 Å². The predicted molar refractivity (Wildman–Crippen MR) is 68.1 cm³/mol. The van der Waals surface area contributed by atoms with Crippen molar-refractivity contribution in [2.24, 2.45) is 11.3 Å². The van der Waals surface area contributed by atoms with Gasteiger partial charge in [-0.1, -0.05) is 13.8 Å². The topological polar surface area (TPSA) is 55.2 Å². The SMILES string of the molecule is CC(C)C1(CNc2ccc([N+](=O)[O-])cc2)CC1. The van der Waals surface area contributed by atoms with Crippen LogP contribution in [0.5, 0.6) is 0 Å². The van der Waals surface area contributed by atoms with Crippen molar-refractivity contribution in [3.05, 3.63) is 34.4 Å². The zero-order valence-electron chi connectivity index (χ0n) is 10.3. The molecule has 4 nitrogen and oxygen atoms in total. The number of anilines is 1. The fraction of sp³-hybridized carbons (Fsp3) is 0.538. The lowest BCUT2D eigenvalue weighted by atomic mass is 9.92. The largest absolute Gasteiger partial charge is 0.384 e. The van der Waals surface area contributed by atoms with Crippen molar-refractivity contribution in [3.8, 4) is 0 Å². The average Bonchev–Trinajstić information content (AvgIpc) is 3.08. The molecule has 1 aliphatic rings. The number of hydrogen-bond donors (Lipinski definition) is 1. The summed E-state index contributed by atoms with van der Waals surface area (Å²) in [7, 11) is 0. The molecule has 0 heterocycles. The maximum Gasteiger partial charge on any atom is 0.269 e. The maximum absolute atomic E-state index is 10.5. The Hall–Kier alpha value is -1.58. The quantitative estimate of drug-likeness (QED) is 0.627. The molecule has 1 fully saturated rings. The van der Waals surface area contributed by atoms with Crippen molar-refractivity contribution < 1.29 is 4.92 Å². The molecule has 1 N–H and O–H groups in total. The Morgan fingerprint density at radius 1 is 1.35 bits per heavy atom. The molecule has 0 bridgehead atoms. The third-order valence-corrected chi connectivity index (χ3v) is 3.84. The van der Waals surface area contributed by atoms with Crippen LogP contribution in [0.4, 0.5) is 11.4 Å².